The summed E-state index contributed by atoms with van der Waals surface area (Å²) in [6.45, 7) is 3.75. The number of carbonyl (C=O) groups excluding carboxylic acids is 1. The number of aryl methyl sites for hydroxylation is 1. The number of carboxylic acid groups (broad SMARTS) is 1. The van der Waals surface area contributed by atoms with E-state index in [9.17, 15) is 14.7 Å². The highest BCUT2D eigenvalue weighted by Gasteiger charge is 2.27. The van der Waals surface area contributed by atoms with Crippen molar-refractivity contribution in [1.29, 1.82) is 0 Å². The molecule has 1 aliphatic carbocycles. The normalized spacial score (nSPS) is 20.2. The predicted octanol–water partition coefficient (Wildman–Crippen LogP) is 2.92. The lowest BCUT2D eigenvalue weighted by atomic mass is 9.94. The van der Waals surface area contributed by atoms with Gasteiger partial charge in [0.1, 0.15) is 6.04 Å². The van der Waals surface area contributed by atoms with Gasteiger partial charge in [0.05, 0.1) is 6.04 Å². The zero-order chi connectivity index (χ0) is 15.4. The Labute approximate surface area is 128 Å². The first kappa shape index (κ1) is 15.8. The minimum Gasteiger partial charge on any atom is -0.480 e. The molecule has 0 radical (unpaired) electrons. The first-order valence-corrected chi connectivity index (χ1v) is 8.27. The molecule has 0 saturated carbocycles. The molecule has 1 heterocycles. The van der Waals surface area contributed by atoms with Crippen LogP contribution in [0.5, 0.6) is 0 Å². The van der Waals surface area contributed by atoms with Gasteiger partial charge >= 0.3 is 12.0 Å². The first-order chi connectivity index (χ1) is 10.0. The second-order valence-corrected chi connectivity index (χ2v) is 6.56. The molecule has 0 aliphatic heterocycles. The Balaban J connectivity index is 1.98. The second kappa shape index (κ2) is 6.93. The average Bonchev–Trinajstić information content (AvgIpc) is 2.93. The largest absolute Gasteiger partial charge is 0.480 e. The Morgan fingerprint density at radius 2 is 2.29 bits per heavy atom. The first-order valence-electron chi connectivity index (χ1n) is 7.39. The Morgan fingerprint density at radius 1 is 1.52 bits per heavy atom. The monoisotopic (exact) mass is 310 g/mol. The summed E-state index contributed by atoms with van der Waals surface area (Å²) >= 11 is 1.72. The number of aliphatic carboxylic acids is 1. The van der Waals surface area contributed by atoms with Crippen LogP contribution in [0, 0.1) is 5.92 Å². The van der Waals surface area contributed by atoms with Gasteiger partial charge in [-0.2, -0.15) is 0 Å². The summed E-state index contributed by atoms with van der Waals surface area (Å²) in [5.41, 5.74) is 1.18. The maximum atomic E-state index is 12.1. The molecule has 0 spiro atoms. The molecule has 1 aromatic heterocycles. The molecule has 0 bridgehead atoms. The summed E-state index contributed by atoms with van der Waals surface area (Å²) in [6.07, 6.45) is 3.72. The van der Waals surface area contributed by atoms with Gasteiger partial charge in [-0.25, -0.2) is 9.59 Å². The molecule has 0 aromatic carbocycles. The number of hydrogen-bond donors (Lipinski definition) is 3. The van der Waals surface area contributed by atoms with Gasteiger partial charge in [0, 0.05) is 4.88 Å². The lowest BCUT2D eigenvalue weighted by Gasteiger charge is -2.26. The van der Waals surface area contributed by atoms with Gasteiger partial charge in [-0.3, -0.25) is 0 Å². The summed E-state index contributed by atoms with van der Waals surface area (Å²) in [4.78, 5) is 24.7. The van der Waals surface area contributed by atoms with E-state index in [0.717, 1.165) is 19.3 Å². The van der Waals surface area contributed by atoms with Crippen molar-refractivity contribution < 1.29 is 14.7 Å². The van der Waals surface area contributed by atoms with Crippen molar-refractivity contribution in [2.24, 2.45) is 5.92 Å². The number of rotatable bonds is 5. The van der Waals surface area contributed by atoms with Crippen LogP contribution in [0.15, 0.2) is 11.4 Å². The summed E-state index contributed by atoms with van der Waals surface area (Å²) in [7, 11) is 0. The number of carboxylic acids is 1. The van der Waals surface area contributed by atoms with Crippen molar-refractivity contribution in [1.82, 2.24) is 10.6 Å². The molecule has 3 unspecified atom stereocenters. The third-order valence-electron chi connectivity index (χ3n) is 4.12. The number of thiophene rings is 1. The zero-order valence-electron chi connectivity index (χ0n) is 12.4. The van der Waals surface area contributed by atoms with Gasteiger partial charge in [0.25, 0.3) is 0 Å². The zero-order valence-corrected chi connectivity index (χ0v) is 13.2. The molecule has 5 nitrogen and oxygen atoms in total. The Kier molecular flexibility index (Phi) is 5.22. The van der Waals surface area contributed by atoms with Crippen LogP contribution < -0.4 is 10.6 Å². The quantitative estimate of drug-likeness (QED) is 0.782. The molecular formula is C15H22N2O3S. The number of nitrogens with one attached hydrogen (secondary N) is 2. The summed E-state index contributed by atoms with van der Waals surface area (Å²) in [6, 6.07) is 0.798. The number of fused-ring (bicyclic) bond motifs is 1. The Morgan fingerprint density at radius 3 is 2.95 bits per heavy atom. The molecule has 1 aliphatic rings. The number of carbonyl (C=O) groups is 2. The highest BCUT2D eigenvalue weighted by atomic mass is 32.1. The molecule has 116 valence electrons. The van der Waals surface area contributed by atoms with E-state index in [0.29, 0.717) is 6.42 Å². The standard InChI is InChI=1S/C15H22N2O3S/c1-3-9(2)13(14(18)19)17-15(20)16-11-5-4-6-12-10(11)7-8-21-12/h7-9,11,13H,3-6H2,1-2H3,(H,18,19)(H2,16,17,20). The fraction of sp³-hybridized carbons (Fsp3) is 0.600. The van der Waals surface area contributed by atoms with Crippen LogP contribution in [0.25, 0.3) is 0 Å². The maximum Gasteiger partial charge on any atom is 0.326 e. The van der Waals surface area contributed by atoms with E-state index in [1.807, 2.05) is 25.3 Å². The van der Waals surface area contributed by atoms with Crippen LogP contribution in [-0.2, 0) is 11.2 Å². The topological polar surface area (TPSA) is 78.4 Å². The number of hydrogen-bond acceptors (Lipinski definition) is 3. The fourth-order valence-corrected chi connectivity index (χ4v) is 3.65. The third kappa shape index (κ3) is 3.75. The van der Waals surface area contributed by atoms with Crippen molar-refractivity contribution in [3.8, 4) is 0 Å². The van der Waals surface area contributed by atoms with Crippen LogP contribution in [0.2, 0.25) is 0 Å². The van der Waals surface area contributed by atoms with Gasteiger partial charge < -0.3 is 15.7 Å². The van der Waals surface area contributed by atoms with Gasteiger partial charge in [0.2, 0.25) is 0 Å². The minimum atomic E-state index is -0.987. The molecule has 1 aromatic rings. The van der Waals surface area contributed by atoms with Gasteiger partial charge in [-0.1, -0.05) is 20.3 Å². The predicted molar refractivity (Wildman–Crippen MR) is 82.5 cm³/mol. The van der Waals surface area contributed by atoms with Crippen molar-refractivity contribution in [2.75, 3.05) is 0 Å². The fourth-order valence-electron chi connectivity index (χ4n) is 2.66. The minimum absolute atomic E-state index is 0.00798. The van der Waals surface area contributed by atoms with Crippen LogP contribution >= 0.6 is 11.3 Å². The Hall–Kier alpha value is -1.56. The summed E-state index contributed by atoms with van der Waals surface area (Å²) < 4.78 is 0. The van der Waals surface area contributed by atoms with Crippen LogP contribution in [0.1, 0.15) is 49.6 Å². The molecule has 0 saturated heterocycles. The van der Waals surface area contributed by atoms with E-state index in [4.69, 9.17) is 0 Å². The summed E-state index contributed by atoms with van der Waals surface area (Å²) in [5, 5.41) is 16.8. The third-order valence-corrected chi connectivity index (χ3v) is 5.12. The van der Waals surface area contributed by atoms with Crippen LogP contribution in [-0.4, -0.2) is 23.1 Å². The highest BCUT2D eigenvalue weighted by Crippen LogP contribution is 2.33. The molecule has 6 heteroatoms. The molecule has 3 atom stereocenters. The second-order valence-electron chi connectivity index (χ2n) is 5.56. The van der Waals surface area contributed by atoms with Crippen molar-refractivity contribution >= 4 is 23.3 Å². The smallest absolute Gasteiger partial charge is 0.326 e. The summed E-state index contributed by atoms with van der Waals surface area (Å²) in [5.74, 6) is -1.09. The van der Waals surface area contributed by atoms with Crippen LogP contribution in [0.4, 0.5) is 4.79 Å². The van der Waals surface area contributed by atoms with Crippen molar-refractivity contribution in [3.63, 3.8) is 0 Å². The number of amides is 2. The van der Waals surface area contributed by atoms with Gasteiger partial charge in [-0.05, 0) is 42.2 Å². The lowest BCUT2D eigenvalue weighted by molar-refractivity contribution is -0.140. The molecular weight excluding hydrogens is 288 g/mol. The Bertz CT molecular complexity index is 515. The molecule has 0 fully saturated rings. The maximum absolute atomic E-state index is 12.1. The van der Waals surface area contributed by atoms with E-state index in [1.165, 1.54) is 10.4 Å². The van der Waals surface area contributed by atoms with E-state index in [1.54, 1.807) is 11.3 Å². The highest BCUT2D eigenvalue weighted by molar-refractivity contribution is 7.10. The van der Waals surface area contributed by atoms with Crippen molar-refractivity contribution in [2.45, 2.75) is 51.6 Å². The van der Waals surface area contributed by atoms with E-state index in [-0.39, 0.29) is 12.0 Å². The number of urea groups is 1. The molecule has 21 heavy (non-hydrogen) atoms. The van der Waals surface area contributed by atoms with E-state index in [2.05, 4.69) is 10.6 Å². The SMILES string of the molecule is CCC(C)C(NC(=O)NC1CCCc2sccc21)C(=O)O. The van der Waals surface area contributed by atoms with Crippen LogP contribution in [0.3, 0.4) is 0 Å². The van der Waals surface area contributed by atoms with Crippen molar-refractivity contribution in [3.05, 3.63) is 21.9 Å². The molecule has 2 rings (SSSR count). The molecule has 3 N–H and O–H groups in total. The molecule has 2 amide bonds. The van der Waals surface area contributed by atoms with E-state index >= 15 is 0 Å². The lowest BCUT2D eigenvalue weighted by Crippen LogP contribution is -2.50. The van der Waals surface area contributed by atoms with Gasteiger partial charge in [-0.15, -0.1) is 11.3 Å². The average molecular weight is 310 g/mol. The van der Waals surface area contributed by atoms with Gasteiger partial charge in [0.15, 0.2) is 0 Å². The van der Waals surface area contributed by atoms with E-state index < -0.39 is 18.0 Å².